The number of hydrogen-bond acceptors (Lipinski definition) is 3. The lowest BCUT2D eigenvalue weighted by Crippen LogP contribution is -2.16. The standard InChI is InChI=1S/C5H5NO3S/c1-6-4(7)3(2-10-6)5(8)9/h2H,1H3,(H,8,9). The number of nitrogens with zero attached hydrogens (tertiary/aromatic N) is 1. The molecule has 1 heterocycles. The highest BCUT2D eigenvalue weighted by atomic mass is 32.1. The van der Waals surface area contributed by atoms with E-state index in [1.807, 2.05) is 0 Å². The Morgan fingerprint density at radius 2 is 2.40 bits per heavy atom. The normalized spacial score (nSPS) is 9.70. The van der Waals surface area contributed by atoms with Crippen LogP contribution in [-0.2, 0) is 7.05 Å². The van der Waals surface area contributed by atoms with Crippen LogP contribution in [0.4, 0.5) is 0 Å². The van der Waals surface area contributed by atoms with Crippen LogP contribution in [0.1, 0.15) is 10.4 Å². The van der Waals surface area contributed by atoms with Crippen molar-refractivity contribution in [3.05, 3.63) is 21.3 Å². The number of carbonyl (C=O) groups is 1. The van der Waals surface area contributed by atoms with E-state index in [1.165, 1.54) is 16.4 Å². The first-order valence-electron chi connectivity index (χ1n) is 2.51. The molecular formula is C5H5NO3S. The van der Waals surface area contributed by atoms with Gasteiger partial charge >= 0.3 is 5.97 Å². The number of carboxylic acid groups (broad SMARTS) is 1. The Morgan fingerprint density at radius 3 is 2.60 bits per heavy atom. The molecule has 54 valence electrons. The first-order chi connectivity index (χ1) is 4.63. The molecule has 0 spiro atoms. The Bertz CT molecular complexity index is 311. The van der Waals surface area contributed by atoms with E-state index in [1.54, 1.807) is 0 Å². The Kier molecular flexibility index (Phi) is 1.58. The second kappa shape index (κ2) is 2.26. The summed E-state index contributed by atoms with van der Waals surface area (Å²) in [5.74, 6) is -1.16. The lowest BCUT2D eigenvalue weighted by atomic mass is 10.4. The van der Waals surface area contributed by atoms with Crippen LogP contribution in [-0.4, -0.2) is 15.0 Å². The molecule has 0 fully saturated rings. The van der Waals surface area contributed by atoms with Gasteiger partial charge in [-0.2, -0.15) is 0 Å². The van der Waals surface area contributed by atoms with Crippen LogP contribution in [0.2, 0.25) is 0 Å². The molecule has 10 heavy (non-hydrogen) atoms. The van der Waals surface area contributed by atoms with Crippen molar-refractivity contribution in [2.75, 3.05) is 0 Å². The third kappa shape index (κ3) is 0.950. The van der Waals surface area contributed by atoms with Crippen LogP contribution in [0, 0.1) is 0 Å². The molecule has 0 radical (unpaired) electrons. The maximum absolute atomic E-state index is 10.8. The summed E-state index contributed by atoms with van der Waals surface area (Å²) in [6.45, 7) is 0. The van der Waals surface area contributed by atoms with Gasteiger partial charge in [-0.15, -0.1) is 0 Å². The van der Waals surface area contributed by atoms with Crippen molar-refractivity contribution in [2.24, 2.45) is 7.05 Å². The van der Waals surface area contributed by atoms with Crippen LogP contribution < -0.4 is 5.56 Å². The predicted octanol–water partition coefficient (Wildman–Crippen LogP) is 0.145. The molecule has 0 aliphatic rings. The molecule has 1 rings (SSSR count). The second-order valence-electron chi connectivity index (χ2n) is 1.74. The number of hydrogen-bond donors (Lipinski definition) is 1. The maximum atomic E-state index is 10.8. The molecule has 1 aromatic heterocycles. The van der Waals surface area contributed by atoms with Crippen molar-refractivity contribution in [3.8, 4) is 0 Å². The predicted molar refractivity (Wildman–Crippen MR) is 36.5 cm³/mol. The monoisotopic (exact) mass is 159 g/mol. The maximum Gasteiger partial charge on any atom is 0.342 e. The number of rotatable bonds is 1. The Hall–Kier alpha value is -1.10. The summed E-state index contributed by atoms with van der Waals surface area (Å²) in [4.78, 5) is 21.0. The fourth-order valence-electron chi connectivity index (χ4n) is 0.542. The van der Waals surface area contributed by atoms with Gasteiger partial charge in [0.2, 0.25) is 0 Å². The largest absolute Gasteiger partial charge is 0.477 e. The van der Waals surface area contributed by atoms with Gasteiger partial charge in [0, 0.05) is 12.4 Å². The molecule has 1 aromatic rings. The Labute approximate surface area is 60.5 Å². The number of carboxylic acids is 1. The fraction of sp³-hybridized carbons (Fsp3) is 0.200. The zero-order valence-corrected chi connectivity index (χ0v) is 6.01. The van der Waals surface area contributed by atoms with Gasteiger partial charge in [0.15, 0.2) is 0 Å². The topological polar surface area (TPSA) is 59.3 Å². The van der Waals surface area contributed by atoms with Crippen molar-refractivity contribution in [2.45, 2.75) is 0 Å². The van der Waals surface area contributed by atoms with Gasteiger partial charge in [-0.05, 0) is 0 Å². The number of aryl methyl sites for hydroxylation is 1. The van der Waals surface area contributed by atoms with Crippen LogP contribution in [0.25, 0.3) is 0 Å². The van der Waals surface area contributed by atoms with Gasteiger partial charge in [-0.3, -0.25) is 8.75 Å². The van der Waals surface area contributed by atoms with Gasteiger partial charge in [0.05, 0.1) is 0 Å². The van der Waals surface area contributed by atoms with E-state index >= 15 is 0 Å². The first kappa shape index (κ1) is 7.01. The molecule has 5 heteroatoms. The number of aromatic carboxylic acids is 1. The lowest BCUT2D eigenvalue weighted by Gasteiger charge is -1.81. The fourth-order valence-corrected chi connectivity index (χ4v) is 1.20. The molecule has 4 nitrogen and oxygen atoms in total. The van der Waals surface area contributed by atoms with E-state index in [0.29, 0.717) is 0 Å². The highest BCUT2D eigenvalue weighted by molar-refractivity contribution is 7.04. The quantitative estimate of drug-likeness (QED) is 0.634. The average molecular weight is 159 g/mol. The van der Waals surface area contributed by atoms with E-state index in [-0.39, 0.29) is 5.56 Å². The Balaban J connectivity index is 3.32. The zero-order chi connectivity index (χ0) is 7.72. The van der Waals surface area contributed by atoms with E-state index in [9.17, 15) is 9.59 Å². The molecule has 0 aliphatic carbocycles. The van der Waals surface area contributed by atoms with Crippen molar-refractivity contribution < 1.29 is 9.90 Å². The number of aromatic nitrogens is 1. The summed E-state index contributed by atoms with van der Waals surface area (Å²) in [5, 5.41) is 9.70. The van der Waals surface area contributed by atoms with Gasteiger partial charge in [0.25, 0.3) is 5.56 Å². The second-order valence-corrected chi connectivity index (χ2v) is 2.74. The van der Waals surface area contributed by atoms with Crippen molar-refractivity contribution >= 4 is 17.5 Å². The zero-order valence-electron chi connectivity index (χ0n) is 5.20. The van der Waals surface area contributed by atoms with Crippen molar-refractivity contribution in [1.82, 2.24) is 3.96 Å². The van der Waals surface area contributed by atoms with E-state index in [2.05, 4.69) is 0 Å². The van der Waals surface area contributed by atoms with E-state index in [0.717, 1.165) is 11.5 Å². The highest BCUT2D eigenvalue weighted by Gasteiger charge is 2.10. The molecule has 0 unspecified atom stereocenters. The third-order valence-corrected chi connectivity index (χ3v) is 1.90. The minimum absolute atomic E-state index is 0.160. The minimum Gasteiger partial charge on any atom is -0.477 e. The van der Waals surface area contributed by atoms with Gasteiger partial charge < -0.3 is 5.11 Å². The molecule has 0 amide bonds. The van der Waals surface area contributed by atoms with Crippen molar-refractivity contribution in [3.63, 3.8) is 0 Å². The van der Waals surface area contributed by atoms with Crippen molar-refractivity contribution in [1.29, 1.82) is 0 Å². The summed E-state index contributed by atoms with van der Waals surface area (Å²) >= 11 is 1.08. The van der Waals surface area contributed by atoms with Crippen LogP contribution >= 0.6 is 11.5 Å². The third-order valence-electron chi connectivity index (χ3n) is 1.08. The summed E-state index contributed by atoms with van der Waals surface area (Å²) in [5.41, 5.74) is -0.606. The molecule has 0 saturated heterocycles. The van der Waals surface area contributed by atoms with Gasteiger partial charge in [-0.25, -0.2) is 4.79 Å². The summed E-state index contributed by atoms with van der Waals surface area (Å²) in [6.07, 6.45) is 0. The highest BCUT2D eigenvalue weighted by Crippen LogP contribution is 1.97. The van der Waals surface area contributed by atoms with Crippen LogP contribution in [0.3, 0.4) is 0 Å². The average Bonchev–Trinajstić information content (AvgIpc) is 2.14. The molecular weight excluding hydrogens is 154 g/mol. The first-order valence-corrected chi connectivity index (χ1v) is 3.35. The summed E-state index contributed by atoms with van der Waals surface area (Å²) < 4.78 is 1.27. The summed E-state index contributed by atoms with van der Waals surface area (Å²) in [7, 11) is 1.53. The van der Waals surface area contributed by atoms with E-state index < -0.39 is 11.5 Å². The molecule has 0 aromatic carbocycles. The van der Waals surface area contributed by atoms with Crippen LogP contribution in [0.5, 0.6) is 0 Å². The van der Waals surface area contributed by atoms with E-state index in [4.69, 9.17) is 5.11 Å². The molecule has 0 bridgehead atoms. The SMILES string of the molecule is Cn1scc(C(=O)O)c1=O. The smallest absolute Gasteiger partial charge is 0.342 e. The summed E-state index contributed by atoms with van der Waals surface area (Å²) in [6, 6.07) is 0. The minimum atomic E-state index is -1.16. The molecule has 0 aliphatic heterocycles. The molecule has 1 N–H and O–H groups in total. The lowest BCUT2D eigenvalue weighted by molar-refractivity contribution is 0.0695. The Morgan fingerprint density at radius 1 is 1.80 bits per heavy atom. The van der Waals surface area contributed by atoms with Gasteiger partial charge in [0.1, 0.15) is 5.56 Å². The molecule has 0 atom stereocenters. The van der Waals surface area contributed by atoms with Gasteiger partial charge in [-0.1, -0.05) is 11.5 Å². The molecule has 0 saturated carbocycles. The van der Waals surface area contributed by atoms with Crippen LogP contribution in [0.15, 0.2) is 10.2 Å².